The van der Waals surface area contributed by atoms with Gasteiger partial charge < -0.3 is 4.90 Å². The molecule has 1 heteroatoms. The Hall–Kier alpha value is -0.820. The van der Waals surface area contributed by atoms with Gasteiger partial charge in [0.2, 0.25) is 0 Å². The van der Waals surface area contributed by atoms with Gasteiger partial charge in [-0.3, -0.25) is 0 Å². The van der Waals surface area contributed by atoms with Crippen molar-refractivity contribution < 1.29 is 0 Å². The molecule has 19 heavy (non-hydrogen) atoms. The highest BCUT2D eigenvalue weighted by Gasteiger charge is 2.28. The Labute approximate surface area is 119 Å². The van der Waals surface area contributed by atoms with Crippen molar-refractivity contribution >= 4 is 0 Å². The number of hydrogen-bond donors (Lipinski definition) is 0. The third-order valence-corrected chi connectivity index (χ3v) is 4.59. The number of piperidine rings is 1. The van der Waals surface area contributed by atoms with E-state index in [2.05, 4.69) is 56.0 Å². The molecule has 1 aromatic rings. The quantitative estimate of drug-likeness (QED) is 0.775. The average Bonchev–Trinajstić information content (AvgIpc) is 2.39. The lowest BCUT2D eigenvalue weighted by Crippen LogP contribution is -2.38. The molecule has 0 atom stereocenters. The second-order valence-corrected chi connectivity index (χ2v) is 7.07. The van der Waals surface area contributed by atoms with Crippen LogP contribution in [0.1, 0.15) is 45.6 Å². The molecule has 2 rings (SSSR count). The summed E-state index contributed by atoms with van der Waals surface area (Å²) in [5.74, 6) is 0.915. The molecule has 0 bridgehead atoms. The van der Waals surface area contributed by atoms with Crippen molar-refractivity contribution in [2.24, 2.45) is 11.3 Å². The maximum atomic E-state index is 2.66. The molecule has 0 aromatic heterocycles. The minimum absolute atomic E-state index is 0.496. The van der Waals surface area contributed by atoms with E-state index >= 15 is 0 Å². The lowest BCUT2D eigenvalue weighted by Gasteiger charge is -2.38. The smallest absolute Gasteiger partial charge is 0.00156 e. The molecule has 0 N–H and O–H groups in total. The molecular formula is C18H29N. The van der Waals surface area contributed by atoms with Crippen LogP contribution in [0.25, 0.3) is 0 Å². The van der Waals surface area contributed by atoms with E-state index in [1.54, 1.807) is 0 Å². The Morgan fingerprint density at radius 1 is 1.05 bits per heavy atom. The zero-order valence-corrected chi connectivity index (χ0v) is 12.9. The molecule has 106 valence electrons. The lowest BCUT2D eigenvalue weighted by atomic mass is 9.75. The first-order valence-electron chi connectivity index (χ1n) is 7.82. The minimum Gasteiger partial charge on any atom is -0.303 e. The van der Waals surface area contributed by atoms with Gasteiger partial charge in [0.15, 0.2) is 0 Å². The normalized spacial score (nSPS) is 18.7. The van der Waals surface area contributed by atoms with Crippen LogP contribution in [0, 0.1) is 11.3 Å². The molecule has 1 aromatic carbocycles. The highest BCUT2D eigenvalue weighted by molar-refractivity contribution is 5.14. The summed E-state index contributed by atoms with van der Waals surface area (Å²) in [6, 6.07) is 10.9. The SMILES string of the molecule is CC(C)(C)C1CCN(CCCc2ccccc2)CC1. The van der Waals surface area contributed by atoms with Gasteiger partial charge in [-0.2, -0.15) is 0 Å². The van der Waals surface area contributed by atoms with Crippen molar-refractivity contribution in [2.45, 2.75) is 46.5 Å². The molecule has 0 saturated carbocycles. The summed E-state index contributed by atoms with van der Waals surface area (Å²) >= 11 is 0. The minimum atomic E-state index is 0.496. The van der Waals surface area contributed by atoms with E-state index in [1.165, 1.54) is 50.9 Å². The molecule has 1 nitrogen and oxygen atoms in total. The topological polar surface area (TPSA) is 3.24 Å². The molecule has 0 unspecified atom stereocenters. The van der Waals surface area contributed by atoms with Gasteiger partial charge in [0.25, 0.3) is 0 Å². The maximum absolute atomic E-state index is 2.66. The van der Waals surface area contributed by atoms with Crippen molar-refractivity contribution in [3.63, 3.8) is 0 Å². The molecule has 1 saturated heterocycles. The van der Waals surface area contributed by atoms with E-state index in [4.69, 9.17) is 0 Å². The van der Waals surface area contributed by atoms with Crippen molar-refractivity contribution in [1.82, 2.24) is 4.90 Å². The van der Waals surface area contributed by atoms with Crippen LogP contribution in [0.2, 0.25) is 0 Å². The Morgan fingerprint density at radius 2 is 1.68 bits per heavy atom. The summed E-state index contributed by atoms with van der Waals surface area (Å²) in [5, 5.41) is 0. The Balaban J connectivity index is 1.66. The van der Waals surface area contributed by atoms with Crippen LogP contribution in [0.3, 0.4) is 0 Å². The third kappa shape index (κ3) is 4.65. The van der Waals surface area contributed by atoms with Crippen LogP contribution in [0.15, 0.2) is 30.3 Å². The number of benzene rings is 1. The fraction of sp³-hybridized carbons (Fsp3) is 0.667. The van der Waals surface area contributed by atoms with Gasteiger partial charge in [0.1, 0.15) is 0 Å². The molecule has 0 radical (unpaired) electrons. The molecular weight excluding hydrogens is 230 g/mol. The molecule has 0 amide bonds. The predicted octanol–water partition coefficient (Wildman–Crippen LogP) is 4.38. The Bertz CT molecular complexity index is 355. The number of hydrogen-bond acceptors (Lipinski definition) is 1. The maximum Gasteiger partial charge on any atom is -0.00156 e. The summed E-state index contributed by atoms with van der Waals surface area (Å²) in [5.41, 5.74) is 1.97. The van der Waals surface area contributed by atoms with Gasteiger partial charge in [0, 0.05) is 0 Å². The first-order valence-corrected chi connectivity index (χ1v) is 7.82. The number of nitrogens with zero attached hydrogens (tertiary/aromatic N) is 1. The molecule has 1 aliphatic heterocycles. The van der Waals surface area contributed by atoms with Crippen molar-refractivity contribution in [2.75, 3.05) is 19.6 Å². The summed E-state index contributed by atoms with van der Waals surface area (Å²) in [6.07, 6.45) is 5.29. The zero-order chi connectivity index (χ0) is 13.7. The van der Waals surface area contributed by atoms with E-state index in [1.807, 2.05) is 0 Å². The van der Waals surface area contributed by atoms with E-state index < -0.39 is 0 Å². The van der Waals surface area contributed by atoms with Gasteiger partial charge in [0.05, 0.1) is 0 Å². The predicted molar refractivity (Wildman–Crippen MR) is 83.4 cm³/mol. The van der Waals surface area contributed by atoms with E-state index in [0.717, 1.165) is 5.92 Å². The second kappa shape index (κ2) is 6.56. The monoisotopic (exact) mass is 259 g/mol. The van der Waals surface area contributed by atoms with Gasteiger partial charge in [-0.25, -0.2) is 0 Å². The van der Waals surface area contributed by atoms with Gasteiger partial charge >= 0.3 is 0 Å². The van der Waals surface area contributed by atoms with Crippen molar-refractivity contribution in [1.29, 1.82) is 0 Å². The fourth-order valence-electron chi connectivity index (χ4n) is 3.17. The standard InChI is InChI=1S/C18H29N/c1-18(2,3)17-11-14-19(15-12-17)13-7-10-16-8-5-4-6-9-16/h4-6,8-9,17H,7,10-15H2,1-3H3. The number of rotatable bonds is 4. The van der Waals surface area contributed by atoms with Crippen molar-refractivity contribution in [3.8, 4) is 0 Å². The van der Waals surface area contributed by atoms with E-state index in [-0.39, 0.29) is 0 Å². The number of aryl methyl sites for hydroxylation is 1. The number of likely N-dealkylation sites (tertiary alicyclic amines) is 1. The first-order chi connectivity index (χ1) is 9.05. The highest BCUT2D eigenvalue weighted by atomic mass is 15.1. The third-order valence-electron chi connectivity index (χ3n) is 4.59. The summed E-state index contributed by atoms with van der Waals surface area (Å²) in [4.78, 5) is 2.66. The van der Waals surface area contributed by atoms with Crippen LogP contribution < -0.4 is 0 Å². The largest absolute Gasteiger partial charge is 0.303 e. The molecule has 0 spiro atoms. The molecule has 1 heterocycles. The molecule has 0 aliphatic carbocycles. The van der Waals surface area contributed by atoms with Crippen LogP contribution >= 0.6 is 0 Å². The van der Waals surface area contributed by atoms with Crippen LogP contribution in [-0.2, 0) is 6.42 Å². The van der Waals surface area contributed by atoms with Gasteiger partial charge in [-0.1, -0.05) is 51.1 Å². The second-order valence-electron chi connectivity index (χ2n) is 7.07. The van der Waals surface area contributed by atoms with Gasteiger partial charge in [-0.05, 0) is 62.2 Å². The Morgan fingerprint density at radius 3 is 2.26 bits per heavy atom. The highest BCUT2D eigenvalue weighted by Crippen LogP contribution is 2.34. The van der Waals surface area contributed by atoms with Crippen molar-refractivity contribution in [3.05, 3.63) is 35.9 Å². The van der Waals surface area contributed by atoms with Crippen LogP contribution in [-0.4, -0.2) is 24.5 Å². The fourth-order valence-corrected chi connectivity index (χ4v) is 3.17. The molecule has 1 fully saturated rings. The summed E-state index contributed by atoms with van der Waals surface area (Å²) < 4.78 is 0. The van der Waals surface area contributed by atoms with Crippen LogP contribution in [0.4, 0.5) is 0 Å². The van der Waals surface area contributed by atoms with Crippen LogP contribution in [0.5, 0.6) is 0 Å². The molecule has 1 aliphatic rings. The first kappa shape index (κ1) is 14.6. The van der Waals surface area contributed by atoms with E-state index in [9.17, 15) is 0 Å². The summed E-state index contributed by atoms with van der Waals surface area (Å²) in [6.45, 7) is 11.0. The Kier molecular flexibility index (Phi) is 5.04. The van der Waals surface area contributed by atoms with E-state index in [0.29, 0.717) is 5.41 Å². The summed E-state index contributed by atoms with van der Waals surface area (Å²) in [7, 11) is 0. The average molecular weight is 259 g/mol. The zero-order valence-electron chi connectivity index (χ0n) is 12.9. The lowest BCUT2D eigenvalue weighted by molar-refractivity contribution is 0.111. The van der Waals surface area contributed by atoms with Gasteiger partial charge in [-0.15, -0.1) is 0 Å².